The molecule has 0 aliphatic heterocycles. The van der Waals surface area contributed by atoms with Crippen LogP contribution in [-0.2, 0) is 20.2 Å². The van der Waals surface area contributed by atoms with E-state index < -0.39 is 41.5 Å². The summed E-state index contributed by atoms with van der Waals surface area (Å²) in [6.45, 7) is 1.77. The van der Waals surface area contributed by atoms with E-state index in [0.29, 0.717) is 5.69 Å². The van der Waals surface area contributed by atoms with Gasteiger partial charge in [0.15, 0.2) is 4.90 Å². The van der Waals surface area contributed by atoms with Gasteiger partial charge >= 0.3 is 10.1 Å². The van der Waals surface area contributed by atoms with E-state index in [1.165, 1.54) is 0 Å². The molecule has 0 atom stereocenters. The molecule has 0 unspecified atom stereocenters. The lowest BCUT2D eigenvalue weighted by Gasteiger charge is -2.12. The number of nitrogen functional groups attached to an aromatic ring is 1. The molecule has 3 rings (SSSR count). The van der Waals surface area contributed by atoms with Crippen LogP contribution in [0, 0.1) is 10.5 Å². The number of rotatable bonds is 4. The van der Waals surface area contributed by atoms with Gasteiger partial charge in [0.2, 0.25) is 5.75 Å². The quantitative estimate of drug-likeness (QED) is 0.122. The number of nitrogens with zero attached hydrogens (tertiary/aromatic N) is 1. The topological polar surface area (TPSA) is 184 Å². The van der Waals surface area contributed by atoms with Crippen molar-refractivity contribution in [3.63, 3.8) is 0 Å². The van der Waals surface area contributed by atoms with Crippen LogP contribution in [0.3, 0.4) is 0 Å². The van der Waals surface area contributed by atoms with Gasteiger partial charge in [0.1, 0.15) is 15.8 Å². The smallest absolute Gasteiger partial charge is 0.301 e. The Bertz CT molecular complexity index is 1440. The van der Waals surface area contributed by atoms with Crippen LogP contribution in [0.4, 0.5) is 17.1 Å². The minimum atomic E-state index is -4.90. The molecule has 13 heteroatoms. The van der Waals surface area contributed by atoms with Crippen molar-refractivity contribution in [3.05, 3.63) is 45.5 Å². The number of azo groups is 1. The van der Waals surface area contributed by atoms with Crippen LogP contribution in [0.25, 0.3) is 10.8 Å². The Morgan fingerprint density at radius 1 is 1.13 bits per heavy atom. The highest BCUT2D eigenvalue weighted by Gasteiger charge is 2.28. The van der Waals surface area contributed by atoms with E-state index in [-0.39, 0.29) is 16.5 Å². The van der Waals surface area contributed by atoms with E-state index in [9.17, 15) is 31.0 Å². The molecule has 0 aromatic heterocycles. The van der Waals surface area contributed by atoms with Crippen molar-refractivity contribution >= 4 is 70.7 Å². The van der Waals surface area contributed by atoms with Crippen molar-refractivity contribution in [3.8, 4) is 5.75 Å². The van der Waals surface area contributed by atoms with Gasteiger partial charge in [0, 0.05) is 9.26 Å². The van der Waals surface area contributed by atoms with Crippen molar-refractivity contribution in [2.75, 3.05) is 5.73 Å². The summed E-state index contributed by atoms with van der Waals surface area (Å²) >= 11 is 2.11. The summed E-state index contributed by atoms with van der Waals surface area (Å²) in [6.07, 6.45) is 0. The minimum Gasteiger partial charge on any atom is -0.744 e. The Labute approximate surface area is 185 Å². The zero-order valence-corrected chi connectivity index (χ0v) is 18.9. The Kier molecular flexibility index (Phi) is 5.76. The van der Waals surface area contributed by atoms with E-state index >= 15 is 0 Å². The van der Waals surface area contributed by atoms with Gasteiger partial charge in [-0.2, -0.15) is 8.42 Å². The number of anilines is 1. The number of aryl methyl sites for hydroxylation is 1. The van der Waals surface area contributed by atoms with Crippen LogP contribution in [0.1, 0.15) is 5.56 Å². The van der Waals surface area contributed by atoms with E-state index in [2.05, 4.69) is 32.8 Å². The molecule has 30 heavy (non-hydrogen) atoms. The first-order valence-electron chi connectivity index (χ1n) is 8.04. The molecule has 0 radical (unpaired) electrons. The zero-order valence-electron chi connectivity index (χ0n) is 15.1. The molecule has 10 nitrogen and oxygen atoms in total. The van der Waals surface area contributed by atoms with Crippen LogP contribution in [0.2, 0.25) is 0 Å². The van der Waals surface area contributed by atoms with Gasteiger partial charge in [0.05, 0.1) is 10.3 Å². The highest BCUT2D eigenvalue weighted by molar-refractivity contribution is 14.1. The standard InChI is InChI=1S/C17H14IN3O7S2/c1-8-4-10(18)2-3-13(8)20-21-16-14(30(26,27)28)6-9-5-11(29(23,24)25)7-12(19)15(9)17(16)22/h2-7,22H,19H2,1H3,(H,23,24,25)(H,26,27,28). The van der Waals surface area contributed by atoms with Crippen molar-refractivity contribution in [1.29, 1.82) is 0 Å². The van der Waals surface area contributed by atoms with Crippen LogP contribution >= 0.6 is 22.6 Å². The van der Waals surface area contributed by atoms with Crippen LogP contribution < -0.4 is 10.8 Å². The van der Waals surface area contributed by atoms with Gasteiger partial charge in [-0.3, -0.25) is 4.55 Å². The van der Waals surface area contributed by atoms with Crippen LogP contribution in [0.5, 0.6) is 5.75 Å². The van der Waals surface area contributed by atoms with Crippen molar-refractivity contribution < 1.29 is 36.2 Å². The minimum absolute atomic E-state index is 0.119. The Morgan fingerprint density at radius 3 is 2.37 bits per heavy atom. The average Bonchev–Trinajstić information content (AvgIpc) is 2.60. The molecule has 0 aliphatic rings. The maximum absolute atomic E-state index is 11.9. The molecule has 0 amide bonds. The summed E-state index contributed by atoms with van der Waals surface area (Å²) in [4.78, 5) is -1.49. The van der Waals surface area contributed by atoms with E-state index in [0.717, 1.165) is 27.3 Å². The monoisotopic (exact) mass is 563 g/mol. The van der Waals surface area contributed by atoms with Crippen molar-refractivity contribution in [2.45, 2.75) is 16.7 Å². The SMILES string of the molecule is Cc1cc(I)ccc1N=[NH+]c1c(S(=O)(=O)O)cc2cc(S(=O)(=O)[O-])cc(N)c2c1O. The molecule has 0 saturated carbocycles. The Morgan fingerprint density at radius 2 is 1.80 bits per heavy atom. The predicted molar refractivity (Wildman–Crippen MR) is 114 cm³/mol. The van der Waals surface area contributed by atoms with Crippen molar-refractivity contribution in [2.24, 2.45) is 5.11 Å². The third-order valence-corrected chi connectivity index (χ3v) is 6.55. The molecule has 0 bridgehead atoms. The molecule has 158 valence electrons. The number of nitrogens with two attached hydrogens (primary N) is 1. The molecule has 0 aliphatic carbocycles. The van der Waals surface area contributed by atoms with Gasteiger partial charge in [0.25, 0.3) is 5.69 Å². The lowest BCUT2D eigenvalue weighted by Crippen LogP contribution is -2.58. The van der Waals surface area contributed by atoms with Crippen molar-refractivity contribution in [1.82, 2.24) is 0 Å². The molecule has 3 aromatic carbocycles. The molecule has 5 N–H and O–H groups in total. The molecule has 0 spiro atoms. The first-order chi connectivity index (χ1) is 13.8. The number of phenolic OH excluding ortho intramolecular Hbond substituents is 1. The molecular weight excluding hydrogens is 549 g/mol. The predicted octanol–water partition coefficient (Wildman–Crippen LogP) is 1.69. The van der Waals surface area contributed by atoms with Crippen LogP contribution in [0.15, 0.2) is 51.3 Å². The fraction of sp³-hybridized carbons (Fsp3) is 0.0588. The number of nitrogens with one attached hydrogen (secondary N) is 1. The Balaban J connectivity index is 2.34. The third kappa shape index (κ3) is 4.39. The number of halogens is 1. The summed E-state index contributed by atoms with van der Waals surface area (Å²) in [6, 6.07) is 7.84. The van der Waals surface area contributed by atoms with E-state index in [1.807, 2.05) is 6.07 Å². The maximum atomic E-state index is 11.9. The lowest BCUT2D eigenvalue weighted by molar-refractivity contribution is -0.437. The number of aromatic hydroxyl groups is 1. The van der Waals surface area contributed by atoms with Crippen LogP contribution in [-0.4, -0.2) is 31.0 Å². The first kappa shape index (κ1) is 22.4. The number of hydrogen-bond donors (Lipinski definition) is 4. The number of benzene rings is 3. The van der Waals surface area contributed by atoms with Gasteiger partial charge < -0.3 is 15.4 Å². The molecule has 0 saturated heterocycles. The second kappa shape index (κ2) is 7.73. The highest BCUT2D eigenvalue weighted by Crippen LogP contribution is 2.40. The van der Waals surface area contributed by atoms with Gasteiger partial charge in [-0.15, -0.1) is 0 Å². The molecule has 0 heterocycles. The second-order valence-corrected chi connectivity index (χ2v) is 10.3. The second-order valence-electron chi connectivity index (χ2n) is 6.29. The lowest BCUT2D eigenvalue weighted by atomic mass is 10.1. The largest absolute Gasteiger partial charge is 0.744 e. The van der Waals surface area contributed by atoms with Gasteiger partial charge in [-0.1, -0.05) is 5.11 Å². The fourth-order valence-corrected chi connectivity index (χ4v) is 4.68. The normalized spacial score (nSPS) is 12.7. The van der Waals surface area contributed by atoms with E-state index in [4.69, 9.17) is 5.73 Å². The summed E-state index contributed by atoms with van der Waals surface area (Å²) in [7, 11) is -9.78. The first-order valence-corrected chi connectivity index (χ1v) is 12.0. The summed E-state index contributed by atoms with van der Waals surface area (Å²) in [5, 5.41) is 16.9. The van der Waals surface area contributed by atoms with Gasteiger partial charge in [-0.25, -0.2) is 8.42 Å². The number of hydrogen-bond acceptors (Lipinski definition) is 8. The number of fused-ring (bicyclic) bond motifs is 1. The summed E-state index contributed by atoms with van der Waals surface area (Å²) < 4.78 is 68.3. The molecule has 3 aromatic rings. The van der Waals surface area contributed by atoms with Gasteiger partial charge in [-0.05, 0) is 82.0 Å². The fourth-order valence-electron chi connectivity index (χ4n) is 2.82. The molecule has 0 fully saturated rings. The number of phenols is 1. The average molecular weight is 563 g/mol. The molecular formula is C17H14IN3O7S2. The third-order valence-electron chi connectivity index (χ3n) is 4.19. The highest BCUT2D eigenvalue weighted by atomic mass is 127. The Hall–Kier alpha value is -2.33. The summed E-state index contributed by atoms with van der Waals surface area (Å²) in [5.74, 6) is -0.695. The zero-order chi connectivity index (χ0) is 22.4. The maximum Gasteiger partial charge on any atom is 0.301 e. The van der Waals surface area contributed by atoms with E-state index in [1.54, 1.807) is 19.1 Å². The summed E-state index contributed by atoms with van der Waals surface area (Å²) in [5.41, 5.74) is 6.25.